The molecule has 0 N–H and O–H groups in total. The molecule has 1 aliphatic heterocycles. The van der Waals surface area contributed by atoms with E-state index in [9.17, 15) is 13.2 Å². The average molecular weight is 460 g/mol. The molecule has 170 valence electrons. The third-order valence-electron chi connectivity index (χ3n) is 5.12. The highest BCUT2D eigenvalue weighted by Gasteiger charge is 2.32. The molecule has 1 heterocycles. The predicted octanol–water partition coefficient (Wildman–Crippen LogP) is 4.13. The first-order chi connectivity index (χ1) is 13.9. The van der Waals surface area contributed by atoms with Crippen LogP contribution in [0.3, 0.4) is 0 Å². The summed E-state index contributed by atoms with van der Waals surface area (Å²) in [5, 5.41) is 0.619. The van der Waals surface area contributed by atoms with E-state index in [0.29, 0.717) is 24.5 Å². The second kappa shape index (κ2) is 10.3. The van der Waals surface area contributed by atoms with Gasteiger partial charge in [-0.05, 0) is 64.2 Å². The minimum Gasteiger partial charge on any atom is -0.444 e. The fourth-order valence-electron chi connectivity index (χ4n) is 3.53. The first kappa shape index (κ1) is 24.9. The predicted molar refractivity (Wildman–Crippen MR) is 120 cm³/mol. The van der Waals surface area contributed by atoms with Crippen molar-refractivity contribution in [1.82, 2.24) is 13.5 Å². The second-order valence-electron chi connectivity index (χ2n) is 8.82. The SMILES string of the molecule is CN(CCC[C@@H]1CCCN1C(=O)OC(C)(C)C)S(=O)(=O)N(C)Cc1ccc(Cl)cc1. The van der Waals surface area contributed by atoms with Crippen molar-refractivity contribution in [3.8, 4) is 0 Å². The topological polar surface area (TPSA) is 70.2 Å². The van der Waals surface area contributed by atoms with Crippen molar-refractivity contribution in [3.63, 3.8) is 0 Å². The third kappa shape index (κ3) is 7.11. The molecule has 30 heavy (non-hydrogen) atoms. The fourth-order valence-corrected chi connectivity index (χ4v) is 4.80. The molecule has 0 spiro atoms. The van der Waals surface area contributed by atoms with E-state index in [1.807, 2.05) is 32.9 Å². The zero-order valence-corrected chi connectivity index (χ0v) is 20.2. The van der Waals surface area contributed by atoms with Crippen LogP contribution in [0.25, 0.3) is 0 Å². The molecular weight excluding hydrogens is 426 g/mol. The number of carbonyl (C=O) groups excluding carboxylic acids is 1. The Kier molecular flexibility index (Phi) is 8.56. The smallest absolute Gasteiger partial charge is 0.410 e. The summed E-state index contributed by atoms with van der Waals surface area (Å²) in [5.74, 6) is 0. The van der Waals surface area contributed by atoms with Crippen LogP contribution in [0, 0.1) is 0 Å². The minimum atomic E-state index is -3.57. The second-order valence-corrected chi connectivity index (χ2v) is 11.4. The van der Waals surface area contributed by atoms with Gasteiger partial charge in [-0.3, -0.25) is 0 Å². The number of benzene rings is 1. The van der Waals surface area contributed by atoms with Gasteiger partial charge in [0.25, 0.3) is 10.2 Å². The van der Waals surface area contributed by atoms with Crippen LogP contribution < -0.4 is 0 Å². The van der Waals surface area contributed by atoms with Gasteiger partial charge in [-0.1, -0.05) is 23.7 Å². The molecule has 1 aliphatic rings. The molecule has 2 rings (SSSR count). The number of rotatable bonds is 8. The van der Waals surface area contributed by atoms with Gasteiger partial charge in [0.05, 0.1) is 0 Å². The lowest BCUT2D eigenvalue weighted by molar-refractivity contribution is 0.0218. The standard InChI is InChI=1S/C21H34ClN3O4S/c1-21(2,3)29-20(26)25-15-7-9-19(25)8-6-14-23(4)30(27,28)24(5)16-17-10-12-18(22)13-11-17/h10-13,19H,6-9,14-16H2,1-5H3/t19-/m1/s1. The molecule has 0 radical (unpaired) electrons. The molecule has 9 heteroatoms. The number of likely N-dealkylation sites (tertiary alicyclic amines) is 1. The number of hydrogen-bond donors (Lipinski definition) is 0. The summed E-state index contributed by atoms with van der Waals surface area (Å²) in [6, 6.07) is 7.24. The van der Waals surface area contributed by atoms with Gasteiger partial charge >= 0.3 is 6.09 Å². The van der Waals surface area contributed by atoms with Gasteiger partial charge < -0.3 is 9.64 Å². The molecule has 1 aromatic rings. The average Bonchev–Trinajstić information content (AvgIpc) is 3.10. The Labute approximate surface area is 186 Å². The summed E-state index contributed by atoms with van der Waals surface area (Å²) in [5.41, 5.74) is 0.352. The summed E-state index contributed by atoms with van der Waals surface area (Å²) in [4.78, 5) is 14.2. The molecule has 1 fully saturated rings. The summed E-state index contributed by atoms with van der Waals surface area (Å²) >= 11 is 5.89. The van der Waals surface area contributed by atoms with Crippen LogP contribution in [0.1, 0.15) is 52.0 Å². The number of ether oxygens (including phenoxy) is 1. The Morgan fingerprint density at radius 2 is 1.83 bits per heavy atom. The van der Waals surface area contributed by atoms with Crippen molar-refractivity contribution < 1.29 is 17.9 Å². The highest BCUT2D eigenvalue weighted by atomic mass is 35.5. The molecule has 7 nitrogen and oxygen atoms in total. The van der Waals surface area contributed by atoms with Crippen molar-refractivity contribution >= 4 is 27.9 Å². The normalized spacial score (nSPS) is 17.7. The monoisotopic (exact) mass is 459 g/mol. The number of amides is 1. The summed E-state index contributed by atoms with van der Waals surface area (Å²) < 4.78 is 33.8. The van der Waals surface area contributed by atoms with Gasteiger partial charge in [0.1, 0.15) is 5.60 Å². The van der Waals surface area contributed by atoms with Gasteiger partial charge in [0.2, 0.25) is 0 Å². The Morgan fingerprint density at radius 3 is 2.43 bits per heavy atom. The van der Waals surface area contributed by atoms with Gasteiger partial charge in [0.15, 0.2) is 0 Å². The number of carbonyl (C=O) groups is 1. The van der Waals surface area contributed by atoms with Crippen LogP contribution >= 0.6 is 11.6 Å². The maximum Gasteiger partial charge on any atom is 0.410 e. The van der Waals surface area contributed by atoms with Crippen LogP contribution in [-0.2, 0) is 21.5 Å². The van der Waals surface area contributed by atoms with Crippen LogP contribution in [-0.4, -0.2) is 66.8 Å². The number of nitrogens with zero attached hydrogens (tertiary/aromatic N) is 3. The Morgan fingerprint density at radius 1 is 1.20 bits per heavy atom. The van der Waals surface area contributed by atoms with E-state index in [0.717, 1.165) is 24.8 Å². The molecule has 0 saturated carbocycles. The molecule has 1 saturated heterocycles. The van der Waals surface area contributed by atoms with Crippen molar-refractivity contribution in [3.05, 3.63) is 34.9 Å². The summed E-state index contributed by atoms with van der Waals surface area (Å²) in [6.07, 6.45) is 3.01. The van der Waals surface area contributed by atoms with Crippen LogP contribution in [0.5, 0.6) is 0 Å². The van der Waals surface area contributed by atoms with Crippen molar-refractivity contribution in [2.75, 3.05) is 27.2 Å². The van der Waals surface area contributed by atoms with Gasteiger partial charge in [-0.2, -0.15) is 17.0 Å². The molecule has 1 aromatic carbocycles. The van der Waals surface area contributed by atoms with E-state index in [1.54, 1.807) is 31.1 Å². The van der Waals surface area contributed by atoms with E-state index in [4.69, 9.17) is 16.3 Å². The molecule has 0 unspecified atom stereocenters. The summed E-state index contributed by atoms with van der Waals surface area (Å²) in [7, 11) is -0.406. The van der Waals surface area contributed by atoms with E-state index >= 15 is 0 Å². The van der Waals surface area contributed by atoms with Gasteiger partial charge in [-0.25, -0.2) is 4.79 Å². The minimum absolute atomic E-state index is 0.0998. The maximum absolute atomic E-state index is 12.8. The molecule has 1 amide bonds. The Balaban J connectivity index is 1.85. The van der Waals surface area contributed by atoms with Crippen LogP contribution in [0.4, 0.5) is 4.79 Å². The third-order valence-corrected chi connectivity index (χ3v) is 7.26. The maximum atomic E-state index is 12.8. The fraction of sp³-hybridized carbons (Fsp3) is 0.667. The molecule has 1 atom stereocenters. The lowest BCUT2D eigenvalue weighted by atomic mass is 10.1. The lowest BCUT2D eigenvalue weighted by Crippen LogP contribution is -2.41. The first-order valence-electron chi connectivity index (χ1n) is 10.3. The van der Waals surface area contributed by atoms with E-state index < -0.39 is 15.8 Å². The molecule has 0 aliphatic carbocycles. The van der Waals surface area contributed by atoms with Crippen LogP contribution in [0.2, 0.25) is 5.02 Å². The number of hydrogen-bond acceptors (Lipinski definition) is 4. The van der Waals surface area contributed by atoms with Crippen molar-refractivity contribution in [2.45, 2.75) is 64.6 Å². The van der Waals surface area contributed by atoms with E-state index in [1.165, 1.54) is 8.61 Å². The quantitative estimate of drug-likeness (QED) is 0.586. The molecule has 0 bridgehead atoms. The Hall–Kier alpha value is -1.35. The van der Waals surface area contributed by atoms with Crippen LogP contribution in [0.15, 0.2) is 24.3 Å². The number of halogens is 1. The van der Waals surface area contributed by atoms with Crippen molar-refractivity contribution in [2.24, 2.45) is 0 Å². The van der Waals surface area contributed by atoms with Gasteiger partial charge in [0, 0.05) is 44.8 Å². The van der Waals surface area contributed by atoms with Crippen molar-refractivity contribution in [1.29, 1.82) is 0 Å². The lowest BCUT2D eigenvalue weighted by Gasteiger charge is -2.29. The largest absolute Gasteiger partial charge is 0.444 e. The molecular formula is C21H34ClN3O4S. The zero-order valence-electron chi connectivity index (χ0n) is 18.6. The molecule has 0 aromatic heterocycles. The highest BCUT2D eigenvalue weighted by molar-refractivity contribution is 7.86. The first-order valence-corrected chi connectivity index (χ1v) is 12.1. The Bertz CT molecular complexity index is 809. The zero-order chi connectivity index (χ0) is 22.5. The van der Waals surface area contributed by atoms with Gasteiger partial charge in [-0.15, -0.1) is 0 Å². The van der Waals surface area contributed by atoms with E-state index in [2.05, 4.69) is 0 Å². The highest BCUT2D eigenvalue weighted by Crippen LogP contribution is 2.24. The summed E-state index contributed by atoms with van der Waals surface area (Å²) in [6.45, 7) is 6.94. The van der Waals surface area contributed by atoms with E-state index in [-0.39, 0.29) is 18.7 Å².